The number of aliphatic hydroxyl groups excluding tert-OH is 3. The summed E-state index contributed by atoms with van der Waals surface area (Å²) < 4.78 is 17.1. The molecule has 2 aliphatic carbocycles. The van der Waals surface area contributed by atoms with Crippen LogP contribution in [0.15, 0.2) is 11.6 Å². The molecule has 25 heavy (non-hydrogen) atoms. The van der Waals surface area contributed by atoms with Crippen LogP contribution in [0.5, 0.6) is 0 Å². The molecule has 1 saturated carbocycles. The van der Waals surface area contributed by atoms with Crippen LogP contribution < -0.4 is 0 Å². The molecule has 2 saturated heterocycles. The number of ketones is 1. The Bertz CT molecular complexity index is 682. The quantitative estimate of drug-likeness (QED) is 0.413. The predicted octanol–water partition coefficient (Wildman–Crippen LogP) is -1.30. The van der Waals surface area contributed by atoms with Crippen LogP contribution in [0.25, 0.3) is 0 Å². The van der Waals surface area contributed by atoms with Crippen LogP contribution >= 0.6 is 0 Å². The summed E-state index contributed by atoms with van der Waals surface area (Å²) in [5, 5.41) is 32.0. The summed E-state index contributed by atoms with van der Waals surface area (Å²) in [4.78, 5) is 24.1. The molecule has 2 aliphatic heterocycles. The summed E-state index contributed by atoms with van der Waals surface area (Å²) >= 11 is 0. The van der Waals surface area contributed by atoms with Crippen molar-refractivity contribution in [3.05, 3.63) is 11.6 Å². The fourth-order valence-electron chi connectivity index (χ4n) is 5.37. The van der Waals surface area contributed by atoms with Gasteiger partial charge in [0.15, 0.2) is 5.78 Å². The van der Waals surface area contributed by atoms with Crippen LogP contribution in [0.4, 0.5) is 0 Å². The van der Waals surface area contributed by atoms with Crippen molar-refractivity contribution in [2.75, 3.05) is 13.2 Å². The zero-order valence-corrected chi connectivity index (χ0v) is 14.3. The number of Topliss-reactive ketones (excluding diaryl/α,β-unsaturated/α-hetero) is 1. The van der Waals surface area contributed by atoms with Gasteiger partial charge in [0, 0.05) is 6.92 Å². The Kier molecular flexibility index (Phi) is 3.35. The smallest absolute Gasteiger partial charge is 0.303 e. The lowest BCUT2D eigenvalue weighted by Crippen LogP contribution is -2.72. The number of carbonyl (C=O) groups excluding carboxylic acids is 2. The molecule has 8 atom stereocenters. The van der Waals surface area contributed by atoms with Gasteiger partial charge in [-0.15, -0.1) is 0 Å². The number of rotatable bonds is 2. The molecule has 2 heterocycles. The van der Waals surface area contributed by atoms with Crippen LogP contribution in [0, 0.1) is 10.8 Å². The van der Waals surface area contributed by atoms with E-state index in [-0.39, 0.29) is 6.61 Å². The van der Waals surface area contributed by atoms with Gasteiger partial charge in [-0.3, -0.25) is 9.59 Å². The van der Waals surface area contributed by atoms with Crippen LogP contribution in [-0.4, -0.2) is 76.4 Å². The number of fused-ring (bicyclic) bond motifs is 2. The maximum Gasteiger partial charge on any atom is 0.303 e. The van der Waals surface area contributed by atoms with Gasteiger partial charge < -0.3 is 29.5 Å². The highest BCUT2D eigenvalue weighted by atomic mass is 16.7. The Balaban J connectivity index is 1.96. The van der Waals surface area contributed by atoms with E-state index in [9.17, 15) is 24.9 Å². The largest absolute Gasteiger partial charge is 0.459 e. The lowest BCUT2D eigenvalue weighted by molar-refractivity contribution is -0.255. The minimum absolute atomic E-state index is 0.223. The first-order valence-corrected chi connectivity index (χ1v) is 8.33. The molecule has 2 bridgehead atoms. The minimum Gasteiger partial charge on any atom is -0.459 e. The van der Waals surface area contributed by atoms with E-state index in [1.54, 1.807) is 19.9 Å². The molecule has 8 nitrogen and oxygen atoms in total. The highest BCUT2D eigenvalue weighted by Gasteiger charge is 2.87. The van der Waals surface area contributed by atoms with Crippen molar-refractivity contribution in [1.29, 1.82) is 0 Å². The molecule has 4 aliphatic rings. The Morgan fingerprint density at radius 3 is 2.60 bits per heavy atom. The fourth-order valence-corrected chi connectivity index (χ4v) is 5.37. The summed E-state index contributed by atoms with van der Waals surface area (Å²) in [5.41, 5.74) is -3.39. The van der Waals surface area contributed by atoms with E-state index in [4.69, 9.17) is 14.2 Å². The van der Waals surface area contributed by atoms with Gasteiger partial charge in [-0.1, -0.05) is 6.92 Å². The minimum atomic E-state index is -1.57. The lowest BCUT2D eigenvalue weighted by Gasteiger charge is -2.58. The zero-order chi connectivity index (χ0) is 18.4. The second-order valence-corrected chi connectivity index (χ2v) is 7.69. The number of aliphatic hydroxyl groups is 3. The van der Waals surface area contributed by atoms with E-state index in [1.165, 1.54) is 6.92 Å². The molecular weight excluding hydrogens is 332 g/mol. The van der Waals surface area contributed by atoms with Crippen molar-refractivity contribution in [2.24, 2.45) is 10.8 Å². The van der Waals surface area contributed by atoms with Crippen molar-refractivity contribution in [1.82, 2.24) is 0 Å². The average molecular weight is 354 g/mol. The van der Waals surface area contributed by atoms with Crippen LogP contribution in [0.3, 0.4) is 0 Å². The van der Waals surface area contributed by atoms with Crippen molar-refractivity contribution in [3.8, 4) is 0 Å². The average Bonchev–Trinajstić information content (AvgIpc) is 3.33. The molecule has 0 aromatic heterocycles. The Hall–Kier alpha value is -1.32. The molecule has 0 aromatic carbocycles. The molecule has 1 spiro atoms. The first-order chi connectivity index (χ1) is 11.7. The third kappa shape index (κ3) is 1.65. The van der Waals surface area contributed by atoms with Gasteiger partial charge in [0.25, 0.3) is 0 Å². The standard InChI is InChI=1S/C17H22O8/c1-7-4-9-16(5-18,12(22)10(7)20)15(3)13(24-8(2)19)11(21)14(25-9)17(15)6-23-17/h4,9,11-14,18,21-22H,5-6H2,1-3H3/t9?,11-,12?,13-,14-,15-,16+,17+/m1/s1. The van der Waals surface area contributed by atoms with Crippen molar-refractivity contribution >= 4 is 11.8 Å². The third-order valence-electron chi connectivity index (χ3n) is 6.83. The molecule has 8 heteroatoms. The Labute approximate surface area is 144 Å². The topological polar surface area (TPSA) is 126 Å². The molecule has 2 unspecified atom stereocenters. The summed E-state index contributed by atoms with van der Waals surface area (Å²) in [6.45, 7) is 4.11. The van der Waals surface area contributed by atoms with Crippen molar-refractivity contribution < 1.29 is 39.1 Å². The van der Waals surface area contributed by atoms with Crippen LogP contribution in [-0.2, 0) is 23.8 Å². The van der Waals surface area contributed by atoms with Gasteiger partial charge in [0.05, 0.1) is 30.1 Å². The second kappa shape index (κ2) is 4.89. The first-order valence-electron chi connectivity index (χ1n) is 8.33. The number of esters is 1. The normalized spacial score (nSPS) is 53.4. The van der Waals surface area contributed by atoms with Gasteiger partial charge in [-0.2, -0.15) is 0 Å². The first kappa shape index (κ1) is 17.1. The summed E-state index contributed by atoms with van der Waals surface area (Å²) in [6.07, 6.45) is -3.87. The SMILES string of the molecule is CC(=O)O[C@@H]1[C@@H](O)[C@H]2OC3C=C(C)C(=O)C(O)[C@@]3(CO)[C@]1(C)[C@]21CO1. The molecule has 0 aromatic rings. The van der Waals surface area contributed by atoms with Gasteiger partial charge in [0.2, 0.25) is 0 Å². The molecule has 3 N–H and O–H groups in total. The molecule has 0 amide bonds. The molecule has 4 rings (SSSR count). The maximum absolute atomic E-state index is 12.5. The van der Waals surface area contributed by atoms with Crippen LogP contribution in [0.1, 0.15) is 20.8 Å². The predicted molar refractivity (Wildman–Crippen MR) is 81.3 cm³/mol. The highest BCUT2D eigenvalue weighted by molar-refractivity contribution is 6.00. The number of ether oxygens (including phenoxy) is 3. The lowest BCUT2D eigenvalue weighted by atomic mass is 9.50. The van der Waals surface area contributed by atoms with Crippen LogP contribution in [0.2, 0.25) is 0 Å². The van der Waals surface area contributed by atoms with Gasteiger partial charge >= 0.3 is 5.97 Å². The molecule has 0 radical (unpaired) electrons. The molecular formula is C17H22O8. The Morgan fingerprint density at radius 2 is 2.08 bits per heavy atom. The second-order valence-electron chi connectivity index (χ2n) is 7.69. The zero-order valence-electron chi connectivity index (χ0n) is 14.3. The number of carbonyl (C=O) groups is 2. The van der Waals surface area contributed by atoms with Gasteiger partial charge in [-0.05, 0) is 18.6 Å². The summed E-state index contributed by atoms with van der Waals surface area (Å²) in [5.74, 6) is -1.13. The Morgan fingerprint density at radius 1 is 1.44 bits per heavy atom. The van der Waals surface area contributed by atoms with E-state index < -0.39 is 65.3 Å². The summed E-state index contributed by atoms with van der Waals surface area (Å²) in [7, 11) is 0. The van der Waals surface area contributed by atoms with E-state index in [1.807, 2.05) is 0 Å². The van der Waals surface area contributed by atoms with Gasteiger partial charge in [0.1, 0.15) is 30.0 Å². The third-order valence-corrected chi connectivity index (χ3v) is 6.83. The van der Waals surface area contributed by atoms with Crippen molar-refractivity contribution in [3.63, 3.8) is 0 Å². The molecule has 138 valence electrons. The maximum atomic E-state index is 12.5. The highest BCUT2D eigenvalue weighted by Crippen LogP contribution is 2.71. The monoisotopic (exact) mass is 354 g/mol. The van der Waals surface area contributed by atoms with E-state index in [2.05, 4.69) is 0 Å². The van der Waals surface area contributed by atoms with Crippen molar-refractivity contribution in [2.45, 2.75) is 56.9 Å². The fraction of sp³-hybridized carbons (Fsp3) is 0.765. The van der Waals surface area contributed by atoms with E-state index in [0.29, 0.717) is 5.57 Å². The number of hydrogen-bond acceptors (Lipinski definition) is 8. The number of hydrogen-bond donors (Lipinski definition) is 3. The number of epoxide rings is 1. The summed E-state index contributed by atoms with van der Waals surface area (Å²) in [6, 6.07) is 0. The van der Waals surface area contributed by atoms with Gasteiger partial charge in [-0.25, -0.2) is 0 Å². The molecule has 3 fully saturated rings. The van der Waals surface area contributed by atoms with E-state index in [0.717, 1.165) is 0 Å². The van der Waals surface area contributed by atoms with E-state index >= 15 is 0 Å².